The number of anilines is 2. The van der Waals surface area contributed by atoms with Crippen LogP contribution in [0.25, 0.3) is 0 Å². The van der Waals surface area contributed by atoms with Crippen LogP contribution in [0.15, 0.2) is 42.7 Å². The number of nitrogens with one attached hydrogen (secondary N) is 3. The van der Waals surface area contributed by atoms with Crippen molar-refractivity contribution >= 4 is 17.7 Å². The molecule has 0 fully saturated rings. The second-order valence-corrected chi connectivity index (χ2v) is 5.44. The molecule has 0 spiro atoms. The number of ether oxygens (including phenoxy) is 1. The Morgan fingerprint density at radius 3 is 2.71 bits per heavy atom. The summed E-state index contributed by atoms with van der Waals surface area (Å²) in [6.07, 6.45) is 3.49. The molecular formula is C17H23N5O2. The Kier molecular flexibility index (Phi) is 6.97. The zero-order valence-corrected chi connectivity index (χ0v) is 14.0. The lowest BCUT2D eigenvalue weighted by Crippen LogP contribution is -2.32. The first-order valence-electron chi connectivity index (χ1n) is 7.90. The summed E-state index contributed by atoms with van der Waals surface area (Å²) in [5, 5.41) is 8.59. The third-order valence-corrected chi connectivity index (χ3v) is 3.03. The van der Waals surface area contributed by atoms with Crippen molar-refractivity contribution < 1.29 is 9.53 Å². The molecule has 0 saturated heterocycles. The van der Waals surface area contributed by atoms with E-state index in [1.165, 1.54) is 0 Å². The smallest absolute Gasteiger partial charge is 0.319 e. The van der Waals surface area contributed by atoms with Crippen LogP contribution in [0.2, 0.25) is 0 Å². The largest absolute Gasteiger partial charge is 0.374 e. The summed E-state index contributed by atoms with van der Waals surface area (Å²) < 4.78 is 5.56. The van der Waals surface area contributed by atoms with Crippen molar-refractivity contribution in [1.82, 2.24) is 15.3 Å². The fourth-order valence-corrected chi connectivity index (χ4v) is 1.92. The van der Waals surface area contributed by atoms with Gasteiger partial charge in [-0.2, -0.15) is 0 Å². The first-order chi connectivity index (χ1) is 11.6. The Morgan fingerprint density at radius 1 is 1.17 bits per heavy atom. The molecule has 2 aromatic rings. The van der Waals surface area contributed by atoms with Crippen LogP contribution in [0.5, 0.6) is 0 Å². The average Bonchev–Trinajstić information content (AvgIpc) is 2.58. The minimum atomic E-state index is -0.257. The number of hydrogen-bond donors (Lipinski definition) is 3. The summed E-state index contributed by atoms with van der Waals surface area (Å²) in [6.45, 7) is 5.50. The lowest BCUT2D eigenvalue weighted by molar-refractivity contribution is 0.0657. The molecule has 0 aliphatic carbocycles. The zero-order chi connectivity index (χ0) is 17.2. The van der Waals surface area contributed by atoms with Crippen molar-refractivity contribution in [3.63, 3.8) is 0 Å². The Bertz CT molecular complexity index is 634. The molecule has 7 heteroatoms. The fourth-order valence-electron chi connectivity index (χ4n) is 1.92. The molecule has 2 amide bonds. The lowest BCUT2D eigenvalue weighted by atomic mass is 10.2. The van der Waals surface area contributed by atoms with E-state index in [4.69, 9.17) is 4.74 Å². The molecule has 0 aliphatic heterocycles. The quantitative estimate of drug-likeness (QED) is 0.648. The van der Waals surface area contributed by atoms with Gasteiger partial charge in [0, 0.05) is 31.2 Å². The number of aromatic nitrogens is 2. The predicted molar refractivity (Wildman–Crippen MR) is 93.9 cm³/mol. The number of carbonyl (C=O) groups is 1. The molecule has 24 heavy (non-hydrogen) atoms. The molecule has 0 radical (unpaired) electrons. The number of carbonyl (C=O) groups excluding carboxylic acids is 1. The summed E-state index contributed by atoms with van der Waals surface area (Å²) in [5.41, 5.74) is 1.75. The van der Waals surface area contributed by atoms with Crippen molar-refractivity contribution in [2.24, 2.45) is 0 Å². The van der Waals surface area contributed by atoms with Crippen LogP contribution >= 0.6 is 0 Å². The van der Waals surface area contributed by atoms with Gasteiger partial charge in [0.25, 0.3) is 0 Å². The van der Waals surface area contributed by atoms with E-state index in [1.807, 2.05) is 38.1 Å². The topological polar surface area (TPSA) is 88.2 Å². The minimum Gasteiger partial charge on any atom is -0.374 e. The SMILES string of the molecule is CC(C)OCc1cccc(NC(=O)NCCNc2ncccn2)c1. The molecule has 7 nitrogen and oxygen atoms in total. The maximum atomic E-state index is 11.9. The maximum absolute atomic E-state index is 11.9. The monoisotopic (exact) mass is 329 g/mol. The second kappa shape index (κ2) is 9.46. The van der Waals surface area contributed by atoms with Gasteiger partial charge in [-0.3, -0.25) is 0 Å². The van der Waals surface area contributed by atoms with Crippen LogP contribution in [0, 0.1) is 0 Å². The van der Waals surface area contributed by atoms with Gasteiger partial charge >= 0.3 is 6.03 Å². The van der Waals surface area contributed by atoms with Crippen LogP contribution in [-0.4, -0.2) is 35.2 Å². The second-order valence-electron chi connectivity index (χ2n) is 5.44. The van der Waals surface area contributed by atoms with Crippen molar-refractivity contribution in [3.05, 3.63) is 48.3 Å². The van der Waals surface area contributed by atoms with Gasteiger partial charge in [0.15, 0.2) is 0 Å². The van der Waals surface area contributed by atoms with Crippen LogP contribution in [0.3, 0.4) is 0 Å². The molecule has 128 valence electrons. The molecule has 0 saturated carbocycles. The van der Waals surface area contributed by atoms with Gasteiger partial charge in [0.05, 0.1) is 12.7 Å². The first kappa shape index (κ1) is 17.7. The van der Waals surface area contributed by atoms with Crippen molar-refractivity contribution in [3.8, 4) is 0 Å². The van der Waals surface area contributed by atoms with E-state index < -0.39 is 0 Å². The molecule has 1 aromatic heterocycles. The van der Waals surface area contributed by atoms with Gasteiger partial charge in [-0.25, -0.2) is 14.8 Å². The van der Waals surface area contributed by atoms with Gasteiger partial charge < -0.3 is 20.7 Å². The molecule has 0 unspecified atom stereocenters. The highest BCUT2D eigenvalue weighted by molar-refractivity contribution is 5.89. The molecular weight excluding hydrogens is 306 g/mol. The third kappa shape index (κ3) is 6.62. The van der Waals surface area contributed by atoms with Crippen molar-refractivity contribution in [2.45, 2.75) is 26.6 Å². The van der Waals surface area contributed by atoms with E-state index in [0.29, 0.717) is 25.6 Å². The summed E-state index contributed by atoms with van der Waals surface area (Å²) in [4.78, 5) is 20.0. The molecule has 1 aromatic carbocycles. The lowest BCUT2D eigenvalue weighted by Gasteiger charge is -2.11. The number of urea groups is 1. The average molecular weight is 329 g/mol. The van der Waals surface area contributed by atoms with Crippen LogP contribution in [0.4, 0.5) is 16.4 Å². The van der Waals surface area contributed by atoms with Gasteiger partial charge in [-0.15, -0.1) is 0 Å². The number of hydrogen-bond acceptors (Lipinski definition) is 5. The summed E-state index contributed by atoms with van der Waals surface area (Å²) in [5.74, 6) is 0.539. The highest BCUT2D eigenvalue weighted by atomic mass is 16.5. The minimum absolute atomic E-state index is 0.172. The first-order valence-corrected chi connectivity index (χ1v) is 7.90. The van der Waals surface area contributed by atoms with Gasteiger partial charge in [0.2, 0.25) is 5.95 Å². The molecule has 0 bridgehead atoms. The Morgan fingerprint density at radius 2 is 1.96 bits per heavy atom. The Balaban J connectivity index is 1.71. The van der Waals surface area contributed by atoms with Gasteiger partial charge in [-0.05, 0) is 37.6 Å². The molecule has 3 N–H and O–H groups in total. The van der Waals surface area contributed by atoms with Gasteiger partial charge in [0.1, 0.15) is 0 Å². The van der Waals surface area contributed by atoms with E-state index in [1.54, 1.807) is 18.5 Å². The molecule has 1 heterocycles. The normalized spacial score (nSPS) is 10.5. The zero-order valence-electron chi connectivity index (χ0n) is 14.0. The summed E-state index contributed by atoms with van der Waals surface area (Å²) in [7, 11) is 0. The van der Waals surface area contributed by atoms with E-state index >= 15 is 0 Å². The highest BCUT2D eigenvalue weighted by Crippen LogP contribution is 2.12. The van der Waals surface area contributed by atoms with E-state index in [2.05, 4.69) is 25.9 Å². The Labute approximate surface area is 141 Å². The number of amides is 2. The molecule has 2 rings (SSSR count). The molecule has 0 aliphatic rings. The van der Waals surface area contributed by atoms with E-state index in [9.17, 15) is 4.79 Å². The van der Waals surface area contributed by atoms with E-state index in [0.717, 1.165) is 11.3 Å². The number of nitrogens with zero attached hydrogens (tertiary/aromatic N) is 2. The van der Waals surface area contributed by atoms with Crippen molar-refractivity contribution in [1.29, 1.82) is 0 Å². The summed E-state index contributed by atoms with van der Waals surface area (Å²) >= 11 is 0. The predicted octanol–water partition coefficient (Wildman–Crippen LogP) is 2.64. The van der Waals surface area contributed by atoms with Gasteiger partial charge in [-0.1, -0.05) is 12.1 Å². The third-order valence-electron chi connectivity index (χ3n) is 3.03. The fraction of sp³-hybridized carbons (Fsp3) is 0.353. The van der Waals surface area contributed by atoms with Crippen molar-refractivity contribution in [2.75, 3.05) is 23.7 Å². The van der Waals surface area contributed by atoms with Crippen LogP contribution in [-0.2, 0) is 11.3 Å². The maximum Gasteiger partial charge on any atom is 0.319 e. The summed E-state index contributed by atoms with van der Waals surface area (Å²) in [6, 6.07) is 9.09. The number of benzene rings is 1. The highest BCUT2D eigenvalue weighted by Gasteiger charge is 2.03. The van der Waals surface area contributed by atoms with Crippen LogP contribution in [0.1, 0.15) is 19.4 Å². The van der Waals surface area contributed by atoms with Crippen LogP contribution < -0.4 is 16.0 Å². The Hall–Kier alpha value is -2.67. The number of rotatable bonds is 8. The standard InChI is InChI=1S/C17H23N5O2/c1-13(2)24-12-14-5-3-6-15(11-14)22-17(23)21-10-9-20-16-18-7-4-8-19-16/h3-8,11,13H,9-10,12H2,1-2H3,(H,18,19,20)(H2,21,22,23). The van der Waals surface area contributed by atoms with E-state index in [-0.39, 0.29) is 12.1 Å². The molecule has 0 atom stereocenters.